The van der Waals surface area contributed by atoms with E-state index in [1.807, 2.05) is 29.7 Å². The number of carbonyl (C=O) groups excluding carboxylic acids is 1. The number of nitrogens with one attached hydrogen (secondary N) is 1. The van der Waals surface area contributed by atoms with Crippen LogP contribution in [0.2, 0.25) is 0 Å². The standard InChI is InChI=1S/C15H20N2O5S/c1-3-22-14(18)7-8-23-13(16-17-15(19)20)10-11-5-4-6-12(9-11)21-2/h4-6,9,17H,3,7-8,10H2,1-2H3,(H,19,20)/b16-13-. The highest BCUT2D eigenvalue weighted by atomic mass is 32.2. The third kappa shape index (κ3) is 8.10. The molecule has 0 saturated carbocycles. The van der Waals surface area contributed by atoms with Gasteiger partial charge >= 0.3 is 12.1 Å². The topological polar surface area (TPSA) is 97.2 Å². The van der Waals surface area contributed by atoms with Gasteiger partial charge in [0.1, 0.15) is 5.75 Å². The van der Waals surface area contributed by atoms with Crippen molar-refractivity contribution in [2.75, 3.05) is 19.5 Å². The van der Waals surface area contributed by atoms with Gasteiger partial charge in [0.05, 0.1) is 25.2 Å². The van der Waals surface area contributed by atoms with Crippen LogP contribution in [0.15, 0.2) is 29.4 Å². The summed E-state index contributed by atoms with van der Waals surface area (Å²) in [5, 5.41) is 13.1. The summed E-state index contributed by atoms with van der Waals surface area (Å²) < 4.78 is 10.0. The van der Waals surface area contributed by atoms with E-state index in [9.17, 15) is 9.59 Å². The lowest BCUT2D eigenvalue weighted by molar-refractivity contribution is -0.142. The Kier molecular flexibility index (Phi) is 8.59. The quantitative estimate of drug-likeness (QED) is 0.327. The van der Waals surface area contributed by atoms with Gasteiger partial charge in [-0.2, -0.15) is 5.10 Å². The SMILES string of the molecule is CCOC(=O)CCS/C(Cc1cccc(OC)c1)=N\NC(=O)O. The van der Waals surface area contributed by atoms with Crippen molar-refractivity contribution >= 4 is 28.9 Å². The lowest BCUT2D eigenvalue weighted by Gasteiger charge is -2.08. The first-order chi connectivity index (χ1) is 11.0. The lowest BCUT2D eigenvalue weighted by atomic mass is 10.1. The number of esters is 1. The Morgan fingerprint density at radius 2 is 2.17 bits per heavy atom. The highest BCUT2D eigenvalue weighted by Crippen LogP contribution is 2.17. The number of rotatable bonds is 8. The van der Waals surface area contributed by atoms with E-state index in [2.05, 4.69) is 5.10 Å². The van der Waals surface area contributed by atoms with Crippen LogP contribution in [0.1, 0.15) is 18.9 Å². The maximum atomic E-state index is 11.3. The number of hydrogen-bond acceptors (Lipinski definition) is 6. The Morgan fingerprint density at radius 3 is 2.83 bits per heavy atom. The first-order valence-electron chi connectivity index (χ1n) is 7.02. The minimum absolute atomic E-state index is 0.239. The third-order valence-corrected chi connectivity index (χ3v) is 3.62. The molecule has 0 unspecified atom stereocenters. The summed E-state index contributed by atoms with van der Waals surface area (Å²) in [6, 6.07) is 7.41. The van der Waals surface area contributed by atoms with Crippen molar-refractivity contribution < 1.29 is 24.2 Å². The molecule has 2 N–H and O–H groups in total. The number of carboxylic acid groups (broad SMARTS) is 1. The van der Waals surface area contributed by atoms with E-state index in [-0.39, 0.29) is 12.4 Å². The summed E-state index contributed by atoms with van der Waals surface area (Å²) in [6.07, 6.45) is -0.563. The molecule has 0 aromatic heterocycles. The van der Waals surface area contributed by atoms with Crippen molar-refractivity contribution in [3.8, 4) is 5.75 Å². The molecule has 0 aliphatic carbocycles. The lowest BCUT2D eigenvalue weighted by Crippen LogP contribution is -2.17. The molecular weight excluding hydrogens is 320 g/mol. The highest BCUT2D eigenvalue weighted by molar-refractivity contribution is 8.13. The fourth-order valence-electron chi connectivity index (χ4n) is 1.68. The molecule has 8 heteroatoms. The molecule has 0 spiro atoms. The molecule has 1 rings (SSSR count). The van der Waals surface area contributed by atoms with Crippen molar-refractivity contribution in [2.45, 2.75) is 19.8 Å². The number of hydrazone groups is 1. The molecule has 0 saturated heterocycles. The van der Waals surface area contributed by atoms with Crippen molar-refractivity contribution in [1.29, 1.82) is 0 Å². The van der Waals surface area contributed by atoms with Crippen LogP contribution in [-0.4, -0.2) is 41.7 Å². The van der Waals surface area contributed by atoms with Gasteiger partial charge in [0.15, 0.2) is 0 Å². The number of hydrogen-bond donors (Lipinski definition) is 2. The molecule has 0 aliphatic heterocycles. The van der Waals surface area contributed by atoms with Crippen molar-refractivity contribution in [1.82, 2.24) is 5.43 Å². The number of thioether (sulfide) groups is 1. The largest absolute Gasteiger partial charge is 0.497 e. The molecule has 0 heterocycles. The minimum atomic E-state index is -1.24. The van der Waals surface area contributed by atoms with Crippen LogP contribution in [-0.2, 0) is 16.0 Å². The minimum Gasteiger partial charge on any atom is -0.497 e. The molecule has 1 amide bonds. The Balaban J connectivity index is 2.66. The van der Waals surface area contributed by atoms with Crippen LogP contribution in [0, 0.1) is 0 Å². The average molecular weight is 340 g/mol. The summed E-state index contributed by atoms with van der Waals surface area (Å²) in [5.41, 5.74) is 2.92. The van der Waals surface area contributed by atoms with Gasteiger partial charge < -0.3 is 14.6 Å². The second-order valence-electron chi connectivity index (χ2n) is 4.35. The molecule has 7 nitrogen and oxygen atoms in total. The van der Waals surface area contributed by atoms with E-state index in [1.54, 1.807) is 14.0 Å². The summed E-state index contributed by atoms with van der Waals surface area (Å²) in [5.74, 6) is 0.889. The predicted molar refractivity (Wildman–Crippen MR) is 89.0 cm³/mol. The van der Waals surface area contributed by atoms with Gasteiger partial charge in [-0.25, -0.2) is 10.2 Å². The van der Waals surface area contributed by atoms with E-state index >= 15 is 0 Å². The molecular formula is C15H20N2O5S. The average Bonchev–Trinajstić information content (AvgIpc) is 2.52. The normalized spacial score (nSPS) is 11.0. The fraction of sp³-hybridized carbons (Fsp3) is 0.400. The third-order valence-electron chi connectivity index (χ3n) is 2.65. The van der Waals surface area contributed by atoms with Crippen LogP contribution in [0.4, 0.5) is 4.79 Å². The van der Waals surface area contributed by atoms with Crippen LogP contribution >= 0.6 is 11.8 Å². The number of amides is 1. The first-order valence-corrected chi connectivity index (χ1v) is 8.00. The maximum Gasteiger partial charge on any atom is 0.425 e. The van der Waals surface area contributed by atoms with E-state index in [1.165, 1.54) is 11.8 Å². The van der Waals surface area contributed by atoms with E-state index in [4.69, 9.17) is 14.6 Å². The van der Waals surface area contributed by atoms with Crippen LogP contribution in [0.3, 0.4) is 0 Å². The first kappa shape index (κ1) is 18.8. The zero-order valence-electron chi connectivity index (χ0n) is 13.1. The van der Waals surface area contributed by atoms with Crippen LogP contribution < -0.4 is 10.2 Å². The van der Waals surface area contributed by atoms with Crippen molar-refractivity contribution in [3.63, 3.8) is 0 Å². The van der Waals surface area contributed by atoms with Gasteiger partial charge in [0, 0.05) is 12.2 Å². The predicted octanol–water partition coefficient (Wildman–Crippen LogP) is 2.51. The molecule has 126 valence electrons. The Bertz CT molecular complexity index is 563. The number of ether oxygens (including phenoxy) is 2. The number of benzene rings is 1. The number of nitrogens with zero attached hydrogens (tertiary/aromatic N) is 1. The van der Waals surface area contributed by atoms with Gasteiger partial charge in [0.25, 0.3) is 0 Å². The zero-order chi connectivity index (χ0) is 17.1. The smallest absolute Gasteiger partial charge is 0.425 e. The van der Waals surface area contributed by atoms with Gasteiger partial charge in [-0.1, -0.05) is 12.1 Å². The second kappa shape index (κ2) is 10.5. The van der Waals surface area contributed by atoms with Gasteiger partial charge in [-0.15, -0.1) is 11.8 Å². The van der Waals surface area contributed by atoms with E-state index < -0.39 is 6.09 Å². The maximum absolute atomic E-state index is 11.3. The molecule has 0 bridgehead atoms. The molecule has 1 aromatic rings. The molecule has 0 radical (unpaired) electrons. The number of methoxy groups -OCH3 is 1. The Morgan fingerprint density at radius 1 is 1.39 bits per heavy atom. The van der Waals surface area contributed by atoms with E-state index in [0.717, 1.165) is 5.56 Å². The molecule has 1 aromatic carbocycles. The van der Waals surface area contributed by atoms with E-state index in [0.29, 0.717) is 29.6 Å². The zero-order valence-corrected chi connectivity index (χ0v) is 13.9. The molecule has 0 fully saturated rings. The summed E-state index contributed by atoms with van der Waals surface area (Å²) in [6.45, 7) is 2.09. The highest BCUT2D eigenvalue weighted by Gasteiger charge is 2.08. The summed E-state index contributed by atoms with van der Waals surface area (Å²) in [4.78, 5) is 21.9. The van der Waals surface area contributed by atoms with Gasteiger partial charge in [-0.05, 0) is 24.6 Å². The van der Waals surface area contributed by atoms with Gasteiger partial charge in [-0.3, -0.25) is 4.79 Å². The molecule has 0 aliphatic rings. The van der Waals surface area contributed by atoms with Crippen molar-refractivity contribution in [3.05, 3.63) is 29.8 Å². The van der Waals surface area contributed by atoms with Crippen LogP contribution in [0.25, 0.3) is 0 Å². The van der Waals surface area contributed by atoms with Crippen molar-refractivity contribution in [2.24, 2.45) is 5.10 Å². The summed E-state index contributed by atoms with van der Waals surface area (Å²) in [7, 11) is 1.58. The Labute approximate surface area is 139 Å². The Hall–Kier alpha value is -2.22. The fourth-order valence-corrected chi connectivity index (χ4v) is 2.56. The second-order valence-corrected chi connectivity index (χ2v) is 5.52. The number of carbonyl (C=O) groups is 2. The molecule has 23 heavy (non-hydrogen) atoms. The van der Waals surface area contributed by atoms with Gasteiger partial charge in [0.2, 0.25) is 0 Å². The molecule has 0 atom stereocenters. The van der Waals surface area contributed by atoms with Crippen LogP contribution in [0.5, 0.6) is 5.75 Å². The monoisotopic (exact) mass is 340 g/mol. The summed E-state index contributed by atoms with van der Waals surface area (Å²) >= 11 is 1.31.